The first-order valence-electron chi connectivity index (χ1n) is 11.2. The maximum atomic E-state index is 12.7. The molecule has 0 atom stereocenters. The summed E-state index contributed by atoms with van der Waals surface area (Å²) >= 11 is 6.35. The maximum Gasteiger partial charge on any atom is 0.269 e. The molecule has 2 aromatic carbocycles. The molecule has 4 aromatic rings. The summed E-state index contributed by atoms with van der Waals surface area (Å²) in [4.78, 5) is 25.6. The van der Waals surface area contributed by atoms with Gasteiger partial charge in [0.05, 0.1) is 33.7 Å². The molecule has 0 saturated carbocycles. The summed E-state index contributed by atoms with van der Waals surface area (Å²) in [5.74, 6) is 0.130. The van der Waals surface area contributed by atoms with Crippen molar-refractivity contribution in [1.82, 2.24) is 20.3 Å². The number of aryl methyl sites for hydroxylation is 1. The lowest BCUT2D eigenvalue weighted by molar-refractivity contribution is 0.0958. The molecule has 0 unspecified atom stereocenters. The smallest absolute Gasteiger partial charge is 0.269 e. The number of para-hydroxylation sites is 1. The van der Waals surface area contributed by atoms with E-state index in [1.807, 2.05) is 32.0 Å². The molecule has 0 saturated heterocycles. The van der Waals surface area contributed by atoms with E-state index >= 15 is 0 Å². The molecule has 186 valence electrons. The third-order valence-corrected chi connectivity index (χ3v) is 7.61. The average molecular weight is 525 g/mol. The predicted molar refractivity (Wildman–Crippen MR) is 142 cm³/mol. The number of anilines is 4. The van der Waals surface area contributed by atoms with Crippen LogP contribution in [0.1, 0.15) is 29.4 Å². The number of halogens is 1. The molecule has 0 aliphatic carbocycles. The van der Waals surface area contributed by atoms with Crippen LogP contribution in [0.2, 0.25) is 5.02 Å². The molecule has 2 heterocycles. The van der Waals surface area contributed by atoms with E-state index in [1.54, 1.807) is 30.3 Å². The van der Waals surface area contributed by atoms with E-state index in [0.29, 0.717) is 23.3 Å². The van der Waals surface area contributed by atoms with Gasteiger partial charge in [-0.1, -0.05) is 42.3 Å². The first-order valence-corrected chi connectivity index (χ1v) is 13.3. The summed E-state index contributed by atoms with van der Waals surface area (Å²) in [5.41, 5.74) is 2.83. The number of carbonyl (C=O) groups excluding carboxylic acids is 1. The summed E-state index contributed by atoms with van der Waals surface area (Å²) < 4.78 is 25.5. The molecule has 4 rings (SSSR count). The fraction of sp³-hybridized carbons (Fsp3) is 0.200. The van der Waals surface area contributed by atoms with Crippen LogP contribution in [0.4, 0.5) is 23.1 Å². The van der Waals surface area contributed by atoms with Gasteiger partial charge in [-0.05, 0) is 43.7 Å². The number of nitrogens with zero attached hydrogens (tertiary/aromatic N) is 3. The fourth-order valence-electron chi connectivity index (χ4n) is 3.67. The van der Waals surface area contributed by atoms with E-state index in [9.17, 15) is 13.2 Å². The Bertz CT molecular complexity index is 1560. The lowest BCUT2D eigenvalue weighted by Crippen LogP contribution is -2.19. The number of fused-ring (bicyclic) bond motifs is 1. The number of hydrogen-bond donors (Lipinski definition) is 3. The minimum atomic E-state index is -3.49. The third kappa shape index (κ3) is 5.39. The molecule has 1 amide bonds. The van der Waals surface area contributed by atoms with Crippen LogP contribution in [0.3, 0.4) is 0 Å². The van der Waals surface area contributed by atoms with E-state index in [0.717, 1.165) is 10.9 Å². The Labute approximate surface area is 214 Å². The van der Waals surface area contributed by atoms with Crippen molar-refractivity contribution >= 4 is 61.4 Å². The quantitative estimate of drug-likeness (QED) is 0.293. The minimum Gasteiger partial charge on any atom is -0.354 e. The molecule has 0 fully saturated rings. The van der Waals surface area contributed by atoms with Gasteiger partial charge in [-0.25, -0.2) is 18.4 Å². The van der Waals surface area contributed by atoms with Crippen molar-refractivity contribution in [2.45, 2.75) is 25.2 Å². The predicted octanol–water partition coefficient (Wildman–Crippen LogP) is 5.02. The molecular formula is C25H25ClN6O3S. The Hall–Kier alpha value is -3.76. The van der Waals surface area contributed by atoms with Crippen molar-refractivity contribution in [1.29, 1.82) is 0 Å². The molecule has 0 spiro atoms. The number of nitrogens with one attached hydrogen (secondary N) is 3. The maximum absolute atomic E-state index is 12.7. The summed E-state index contributed by atoms with van der Waals surface area (Å²) in [7, 11) is -1.95. The number of aromatic nitrogens is 3. The standard InChI is InChI=1S/C25H25ClN6O3S/c1-4-11-36(34,35)22-8-6-5-7-19(22)30-23-17(26)14-28-25(32-23)31-20-13-21(24(33)27-3)29-18-10-9-15(2)12-16(18)20/h5-10,12-14H,4,11H2,1-3H3,(H,27,33)(H2,28,29,30,31,32). The molecule has 36 heavy (non-hydrogen) atoms. The van der Waals surface area contributed by atoms with Crippen LogP contribution in [0, 0.1) is 6.92 Å². The summed E-state index contributed by atoms with van der Waals surface area (Å²) in [6, 6.07) is 13.9. The van der Waals surface area contributed by atoms with E-state index in [-0.39, 0.29) is 39.0 Å². The van der Waals surface area contributed by atoms with Gasteiger partial charge in [-0.15, -0.1) is 0 Å². The third-order valence-electron chi connectivity index (χ3n) is 5.36. The van der Waals surface area contributed by atoms with Gasteiger partial charge < -0.3 is 16.0 Å². The zero-order chi connectivity index (χ0) is 25.9. The van der Waals surface area contributed by atoms with Gasteiger partial charge in [0.25, 0.3) is 5.91 Å². The van der Waals surface area contributed by atoms with Crippen molar-refractivity contribution in [2.75, 3.05) is 23.4 Å². The SMILES string of the molecule is CCCS(=O)(=O)c1ccccc1Nc1nc(Nc2cc(C(=O)NC)nc3ccc(C)cc23)ncc1Cl. The fourth-order valence-corrected chi connectivity index (χ4v) is 5.31. The van der Waals surface area contributed by atoms with Crippen LogP contribution in [0.15, 0.2) is 59.6 Å². The van der Waals surface area contributed by atoms with Crippen LogP contribution in [0.25, 0.3) is 10.9 Å². The van der Waals surface area contributed by atoms with Gasteiger partial charge in [0.15, 0.2) is 15.7 Å². The molecular weight excluding hydrogens is 500 g/mol. The Morgan fingerprint density at radius 2 is 1.81 bits per heavy atom. The topological polar surface area (TPSA) is 126 Å². The highest BCUT2D eigenvalue weighted by atomic mass is 35.5. The summed E-state index contributed by atoms with van der Waals surface area (Å²) in [5, 5.41) is 9.77. The van der Waals surface area contributed by atoms with Crippen molar-refractivity contribution in [2.24, 2.45) is 0 Å². The molecule has 9 nitrogen and oxygen atoms in total. The van der Waals surface area contributed by atoms with Crippen LogP contribution >= 0.6 is 11.6 Å². The van der Waals surface area contributed by atoms with Crippen molar-refractivity contribution in [3.63, 3.8) is 0 Å². The molecule has 11 heteroatoms. The van der Waals surface area contributed by atoms with Crippen LogP contribution in [-0.2, 0) is 9.84 Å². The number of pyridine rings is 1. The lowest BCUT2D eigenvalue weighted by atomic mass is 10.1. The molecule has 3 N–H and O–H groups in total. The summed E-state index contributed by atoms with van der Waals surface area (Å²) in [6.07, 6.45) is 1.91. The van der Waals surface area contributed by atoms with Crippen LogP contribution in [0.5, 0.6) is 0 Å². The van der Waals surface area contributed by atoms with Gasteiger partial charge in [-0.3, -0.25) is 4.79 Å². The second kappa shape index (κ2) is 10.5. The van der Waals surface area contributed by atoms with E-state index in [4.69, 9.17) is 11.6 Å². The number of carbonyl (C=O) groups is 1. The molecule has 0 aliphatic rings. The van der Waals surface area contributed by atoms with E-state index < -0.39 is 9.84 Å². The molecule has 0 bridgehead atoms. The lowest BCUT2D eigenvalue weighted by Gasteiger charge is -2.14. The van der Waals surface area contributed by atoms with Gasteiger partial charge in [0, 0.05) is 12.4 Å². The van der Waals surface area contributed by atoms with Crippen molar-refractivity contribution in [3.8, 4) is 0 Å². The van der Waals surface area contributed by atoms with E-state index in [2.05, 4.69) is 30.9 Å². The van der Waals surface area contributed by atoms with E-state index in [1.165, 1.54) is 13.2 Å². The number of sulfone groups is 1. The second-order valence-corrected chi connectivity index (χ2v) is 10.6. The zero-order valence-corrected chi connectivity index (χ0v) is 21.5. The largest absolute Gasteiger partial charge is 0.354 e. The Balaban J connectivity index is 1.73. The molecule has 0 radical (unpaired) electrons. The first-order chi connectivity index (χ1) is 17.2. The monoisotopic (exact) mass is 524 g/mol. The van der Waals surface area contributed by atoms with Crippen LogP contribution < -0.4 is 16.0 Å². The van der Waals surface area contributed by atoms with Crippen molar-refractivity contribution < 1.29 is 13.2 Å². The van der Waals surface area contributed by atoms with Gasteiger partial charge in [0.2, 0.25) is 5.95 Å². The normalized spacial score (nSPS) is 11.3. The number of benzene rings is 2. The highest BCUT2D eigenvalue weighted by Gasteiger charge is 2.19. The number of amides is 1. The summed E-state index contributed by atoms with van der Waals surface area (Å²) in [6.45, 7) is 3.77. The highest BCUT2D eigenvalue weighted by molar-refractivity contribution is 7.91. The first kappa shape index (κ1) is 25.3. The minimum absolute atomic E-state index is 0.0260. The Kier molecular flexibility index (Phi) is 7.37. The molecule has 2 aromatic heterocycles. The Morgan fingerprint density at radius 1 is 1.03 bits per heavy atom. The van der Waals surface area contributed by atoms with Crippen LogP contribution in [-0.4, -0.2) is 42.1 Å². The zero-order valence-electron chi connectivity index (χ0n) is 20.0. The van der Waals surface area contributed by atoms with Gasteiger partial charge in [-0.2, -0.15) is 4.98 Å². The number of rotatable bonds is 8. The van der Waals surface area contributed by atoms with Crippen molar-refractivity contribution in [3.05, 3.63) is 71.0 Å². The van der Waals surface area contributed by atoms with Gasteiger partial charge >= 0.3 is 0 Å². The second-order valence-electron chi connectivity index (χ2n) is 8.11. The Morgan fingerprint density at radius 3 is 2.56 bits per heavy atom. The average Bonchev–Trinajstić information content (AvgIpc) is 2.86. The number of hydrogen-bond acceptors (Lipinski definition) is 8. The van der Waals surface area contributed by atoms with Gasteiger partial charge in [0.1, 0.15) is 10.7 Å². The highest BCUT2D eigenvalue weighted by Crippen LogP contribution is 2.31. The molecule has 0 aliphatic heterocycles.